The Kier molecular flexibility index (Phi) is 4.98. The van der Waals surface area contributed by atoms with Crippen molar-refractivity contribution in [2.75, 3.05) is 7.11 Å². The maximum absolute atomic E-state index is 5.24. The van der Waals surface area contributed by atoms with Gasteiger partial charge in [0.25, 0.3) is 0 Å². The minimum Gasteiger partial charge on any atom is -0.481 e. The van der Waals surface area contributed by atoms with E-state index < -0.39 is 0 Å². The summed E-state index contributed by atoms with van der Waals surface area (Å²) >= 11 is 0. The van der Waals surface area contributed by atoms with Crippen molar-refractivity contribution in [1.29, 1.82) is 0 Å². The Balaban J connectivity index is 1.91. The summed E-state index contributed by atoms with van der Waals surface area (Å²) in [6.07, 6.45) is 5.03. The van der Waals surface area contributed by atoms with Gasteiger partial charge in [-0.3, -0.25) is 0 Å². The first-order valence-corrected chi connectivity index (χ1v) is 6.67. The van der Waals surface area contributed by atoms with Gasteiger partial charge in [-0.05, 0) is 24.6 Å². The Morgan fingerprint density at radius 2 is 2.16 bits per heavy atom. The smallest absolute Gasteiger partial charge is 0.217 e. The third kappa shape index (κ3) is 3.58. The molecule has 0 saturated carbocycles. The molecule has 19 heavy (non-hydrogen) atoms. The number of hydrogen-bond donors (Lipinski definition) is 1. The van der Waals surface area contributed by atoms with E-state index in [1.165, 1.54) is 5.69 Å². The summed E-state index contributed by atoms with van der Waals surface area (Å²) in [5, 5.41) is 3.44. The van der Waals surface area contributed by atoms with E-state index in [4.69, 9.17) is 4.74 Å². The number of hydrogen-bond acceptors (Lipinski definition) is 3. The maximum Gasteiger partial charge on any atom is 0.217 e. The molecule has 2 rings (SSSR count). The van der Waals surface area contributed by atoms with Gasteiger partial charge in [-0.25, -0.2) is 4.98 Å². The third-order valence-corrected chi connectivity index (χ3v) is 3.05. The Morgan fingerprint density at radius 1 is 1.26 bits per heavy atom. The molecule has 2 aromatic heterocycles. The van der Waals surface area contributed by atoms with Gasteiger partial charge >= 0.3 is 0 Å². The second-order valence-corrected chi connectivity index (χ2v) is 4.47. The van der Waals surface area contributed by atoms with Crippen LogP contribution in [0.25, 0.3) is 0 Å². The third-order valence-electron chi connectivity index (χ3n) is 3.05. The van der Waals surface area contributed by atoms with E-state index in [0.29, 0.717) is 5.88 Å². The van der Waals surface area contributed by atoms with Crippen LogP contribution in [-0.2, 0) is 19.6 Å². The molecule has 0 radical (unpaired) electrons. The topological polar surface area (TPSA) is 39.1 Å². The lowest BCUT2D eigenvalue weighted by Crippen LogP contribution is -2.16. The van der Waals surface area contributed by atoms with E-state index >= 15 is 0 Å². The zero-order chi connectivity index (χ0) is 13.5. The SMILES string of the molecule is CCCn1cccc1CNCc1cccnc1OC. The van der Waals surface area contributed by atoms with Crippen LogP contribution in [0.5, 0.6) is 5.88 Å². The van der Waals surface area contributed by atoms with Gasteiger partial charge in [0.15, 0.2) is 0 Å². The molecule has 2 heterocycles. The van der Waals surface area contributed by atoms with Gasteiger partial charge in [0.1, 0.15) is 0 Å². The molecule has 0 aliphatic carbocycles. The monoisotopic (exact) mass is 259 g/mol. The van der Waals surface area contributed by atoms with Gasteiger partial charge in [-0.2, -0.15) is 0 Å². The Hall–Kier alpha value is -1.81. The molecule has 0 unspecified atom stereocenters. The predicted octanol–water partition coefficient (Wildman–Crippen LogP) is 2.59. The highest BCUT2D eigenvalue weighted by molar-refractivity contribution is 5.25. The fourth-order valence-electron chi connectivity index (χ4n) is 2.14. The van der Waals surface area contributed by atoms with Crippen molar-refractivity contribution in [3.05, 3.63) is 47.9 Å². The number of aryl methyl sites for hydroxylation is 1. The summed E-state index contributed by atoms with van der Waals surface area (Å²) < 4.78 is 7.52. The van der Waals surface area contributed by atoms with Gasteiger partial charge in [-0.1, -0.05) is 13.0 Å². The number of methoxy groups -OCH3 is 1. The van der Waals surface area contributed by atoms with Crippen molar-refractivity contribution in [1.82, 2.24) is 14.9 Å². The molecule has 0 aliphatic rings. The van der Waals surface area contributed by atoms with Crippen molar-refractivity contribution in [2.24, 2.45) is 0 Å². The number of rotatable bonds is 7. The van der Waals surface area contributed by atoms with Crippen LogP contribution in [0.2, 0.25) is 0 Å². The first-order valence-electron chi connectivity index (χ1n) is 6.67. The van der Waals surface area contributed by atoms with Crippen LogP contribution in [0.1, 0.15) is 24.6 Å². The van der Waals surface area contributed by atoms with E-state index in [1.54, 1.807) is 13.3 Å². The summed E-state index contributed by atoms with van der Waals surface area (Å²) in [4.78, 5) is 4.19. The van der Waals surface area contributed by atoms with Crippen LogP contribution in [0.4, 0.5) is 0 Å². The molecule has 4 nitrogen and oxygen atoms in total. The fraction of sp³-hybridized carbons (Fsp3) is 0.400. The maximum atomic E-state index is 5.24. The zero-order valence-corrected chi connectivity index (χ0v) is 11.6. The molecule has 0 amide bonds. The predicted molar refractivity (Wildman–Crippen MR) is 76.1 cm³/mol. The van der Waals surface area contributed by atoms with Gasteiger partial charge in [-0.15, -0.1) is 0 Å². The molecule has 0 aromatic carbocycles. The molecule has 0 spiro atoms. The molecule has 0 bridgehead atoms. The van der Waals surface area contributed by atoms with Crippen molar-refractivity contribution < 1.29 is 4.74 Å². The summed E-state index contributed by atoms with van der Waals surface area (Å²) in [5.41, 5.74) is 2.39. The summed E-state index contributed by atoms with van der Waals surface area (Å²) in [6, 6.07) is 8.21. The molecule has 1 N–H and O–H groups in total. The lowest BCUT2D eigenvalue weighted by molar-refractivity contribution is 0.390. The lowest BCUT2D eigenvalue weighted by atomic mass is 10.2. The van der Waals surface area contributed by atoms with Gasteiger partial charge in [0, 0.05) is 43.3 Å². The van der Waals surface area contributed by atoms with E-state index in [1.807, 2.05) is 12.1 Å². The molecular formula is C15H21N3O. The van der Waals surface area contributed by atoms with Gasteiger partial charge < -0.3 is 14.6 Å². The average Bonchev–Trinajstić information content (AvgIpc) is 2.87. The minimum atomic E-state index is 0.693. The van der Waals surface area contributed by atoms with Gasteiger partial charge in [0.2, 0.25) is 5.88 Å². The highest BCUT2D eigenvalue weighted by Gasteiger charge is 2.04. The summed E-state index contributed by atoms with van der Waals surface area (Å²) in [5.74, 6) is 0.693. The molecule has 102 valence electrons. The largest absolute Gasteiger partial charge is 0.481 e. The lowest BCUT2D eigenvalue weighted by Gasteiger charge is -2.10. The Labute approximate surface area is 114 Å². The number of nitrogens with zero attached hydrogens (tertiary/aromatic N) is 2. The van der Waals surface area contributed by atoms with E-state index in [2.05, 4.69) is 40.1 Å². The zero-order valence-electron chi connectivity index (χ0n) is 11.6. The Bertz CT molecular complexity index is 508. The fourth-order valence-corrected chi connectivity index (χ4v) is 2.14. The number of nitrogens with one attached hydrogen (secondary N) is 1. The van der Waals surface area contributed by atoms with E-state index in [-0.39, 0.29) is 0 Å². The summed E-state index contributed by atoms with van der Waals surface area (Å²) in [6.45, 7) is 4.87. The van der Waals surface area contributed by atoms with Crippen LogP contribution >= 0.6 is 0 Å². The van der Waals surface area contributed by atoms with Crippen LogP contribution < -0.4 is 10.1 Å². The second-order valence-electron chi connectivity index (χ2n) is 4.47. The first kappa shape index (κ1) is 13.6. The quantitative estimate of drug-likeness (QED) is 0.830. The molecule has 0 saturated heterocycles. The summed E-state index contributed by atoms with van der Waals surface area (Å²) in [7, 11) is 1.65. The number of pyridine rings is 1. The van der Waals surface area contributed by atoms with Gasteiger partial charge in [0.05, 0.1) is 7.11 Å². The van der Waals surface area contributed by atoms with E-state index in [9.17, 15) is 0 Å². The highest BCUT2D eigenvalue weighted by Crippen LogP contribution is 2.13. The highest BCUT2D eigenvalue weighted by atomic mass is 16.5. The van der Waals surface area contributed by atoms with Crippen LogP contribution in [0.3, 0.4) is 0 Å². The second kappa shape index (κ2) is 6.95. The number of ether oxygens (including phenoxy) is 1. The average molecular weight is 259 g/mol. The first-order chi connectivity index (χ1) is 9.35. The normalized spacial score (nSPS) is 10.6. The molecule has 4 heteroatoms. The minimum absolute atomic E-state index is 0.693. The molecule has 0 aliphatic heterocycles. The van der Waals surface area contributed by atoms with Crippen molar-refractivity contribution in [3.8, 4) is 5.88 Å². The van der Waals surface area contributed by atoms with Crippen molar-refractivity contribution in [2.45, 2.75) is 33.0 Å². The van der Waals surface area contributed by atoms with Crippen LogP contribution in [0.15, 0.2) is 36.7 Å². The molecule has 2 aromatic rings. The van der Waals surface area contributed by atoms with Crippen LogP contribution in [0, 0.1) is 0 Å². The standard InChI is InChI=1S/C15H21N3O/c1-3-9-18-10-5-7-14(18)12-16-11-13-6-4-8-17-15(13)19-2/h4-8,10,16H,3,9,11-12H2,1-2H3. The van der Waals surface area contributed by atoms with E-state index in [0.717, 1.165) is 31.6 Å². The Morgan fingerprint density at radius 3 is 2.95 bits per heavy atom. The van der Waals surface area contributed by atoms with Crippen molar-refractivity contribution >= 4 is 0 Å². The molecular weight excluding hydrogens is 238 g/mol. The van der Waals surface area contributed by atoms with Crippen LogP contribution in [-0.4, -0.2) is 16.7 Å². The molecule has 0 atom stereocenters. The molecule has 0 fully saturated rings. The van der Waals surface area contributed by atoms with Crippen molar-refractivity contribution in [3.63, 3.8) is 0 Å². The number of aromatic nitrogens is 2.